The molecule has 0 aliphatic carbocycles. The molecule has 0 aromatic heterocycles. The zero-order chi connectivity index (χ0) is 11.1. The summed E-state index contributed by atoms with van der Waals surface area (Å²) in [4.78, 5) is 18.0. The molecule has 5 nitrogen and oxygen atoms in total. The van der Waals surface area contributed by atoms with Gasteiger partial charge in [0.1, 0.15) is 11.5 Å². The molecule has 0 radical (unpaired) electrons. The Labute approximate surface area is 96.1 Å². The number of rotatable bonds is 2. The maximum Gasteiger partial charge on any atom is 0.442 e. The summed E-state index contributed by atoms with van der Waals surface area (Å²) in [6.07, 6.45) is 0. The highest BCUT2D eigenvalue weighted by Crippen LogP contribution is 2.62. The van der Waals surface area contributed by atoms with E-state index in [2.05, 4.69) is 11.8 Å². The Morgan fingerprint density at radius 2 is 1.53 bits per heavy atom. The topological polar surface area (TPSA) is 68.2 Å². The van der Waals surface area contributed by atoms with Gasteiger partial charge in [-0.3, -0.25) is 0 Å². The maximum absolute atomic E-state index is 9.02. The maximum atomic E-state index is 9.02. The van der Waals surface area contributed by atoms with Gasteiger partial charge in [0.25, 0.3) is 0 Å². The van der Waals surface area contributed by atoms with Crippen molar-refractivity contribution < 1.29 is 23.1 Å². The molecule has 0 spiro atoms. The Morgan fingerprint density at radius 3 is 1.87 bits per heavy atom. The van der Waals surface area contributed by atoms with Crippen molar-refractivity contribution in [2.45, 2.75) is 0 Å². The molecule has 3 rings (SSSR count). The minimum Gasteiger partial charge on any atom is -0.415 e. The first-order valence-electron chi connectivity index (χ1n) is 3.73. The highest BCUT2D eigenvalue weighted by molar-refractivity contribution is 8.14. The Hall–Kier alpha value is -0.0000000000000000555. The van der Waals surface area contributed by atoms with Crippen molar-refractivity contribution in [2.24, 2.45) is 0 Å². The number of fused-ring (bicyclic) bond motifs is 4. The first-order chi connectivity index (χ1) is 6.86. The molecule has 1 aromatic rings. The van der Waals surface area contributed by atoms with E-state index >= 15 is 0 Å². The Balaban J connectivity index is 2.31. The van der Waals surface area contributed by atoms with Gasteiger partial charge < -0.3 is 18.8 Å². The molecular formula is C6H6O5P2S2. The lowest BCUT2D eigenvalue weighted by Crippen LogP contribution is -2.00. The van der Waals surface area contributed by atoms with Crippen LogP contribution in [0.4, 0.5) is 0 Å². The van der Waals surface area contributed by atoms with Gasteiger partial charge >= 0.3 is 13.4 Å². The van der Waals surface area contributed by atoms with Gasteiger partial charge in [-0.25, -0.2) is 4.31 Å². The fourth-order valence-electron chi connectivity index (χ4n) is 1.00. The average molecular weight is 284 g/mol. The van der Waals surface area contributed by atoms with E-state index in [-0.39, 0.29) is 0 Å². The molecular weight excluding hydrogens is 278 g/mol. The van der Waals surface area contributed by atoms with Crippen LogP contribution in [0.15, 0.2) is 24.3 Å². The summed E-state index contributed by atoms with van der Waals surface area (Å²) in [7, 11) is 0. The van der Waals surface area contributed by atoms with Crippen LogP contribution in [-0.4, -0.2) is 9.79 Å². The standard InChI is InChI=1S/C6H6O5P2S2/c7-12(8,14)11-13(15)9-5-1-2-6(10-13)4-3-5/h1-4H,(H2,7,8,14). The molecule has 0 saturated carbocycles. The Morgan fingerprint density at radius 1 is 1.13 bits per heavy atom. The second kappa shape index (κ2) is 3.79. The molecule has 82 valence electrons. The first kappa shape index (κ1) is 11.5. The zero-order valence-corrected chi connectivity index (χ0v) is 10.6. The highest BCUT2D eigenvalue weighted by Gasteiger charge is 2.33. The van der Waals surface area contributed by atoms with Gasteiger partial charge in [-0.1, -0.05) is 0 Å². The van der Waals surface area contributed by atoms with Crippen molar-refractivity contribution in [1.29, 1.82) is 0 Å². The van der Waals surface area contributed by atoms with E-state index in [4.69, 9.17) is 35.0 Å². The normalized spacial score (nSPS) is 17.7. The SMILES string of the molecule is OP(O)(=S)OP1(=S)Oc2ccc(cc2)O1. The summed E-state index contributed by atoms with van der Waals surface area (Å²) in [5, 5.41) is 0. The van der Waals surface area contributed by atoms with E-state index in [1.807, 2.05) is 0 Å². The van der Waals surface area contributed by atoms with Gasteiger partial charge in [0.2, 0.25) is 0 Å². The third-order valence-corrected chi connectivity index (χ3v) is 5.63. The second-order valence-corrected chi connectivity index (χ2v) is 8.34. The number of hydrogen-bond acceptors (Lipinski definition) is 5. The lowest BCUT2D eigenvalue weighted by atomic mass is 10.3. The van der Waals surface area contributed by atoms with Crippen LogP contribution in [0, 0.1) is 0 Å². The number of hydrogen-bond donors (Lipinski definition) is 2. The predicted molar refractivity (Wildman–Crippen MR) is 61.8 cm³/mol. The van der Waals surface area contributed by atoms with Crippen LogP contribution >= 0.6 is 13.4 Å². The average Bonchev–Trinajstić information content (AvgIpc) is 2.26. The first-order valence-corrected chi connectivity index (χ1v) is 8.91. The van der Waals surface area contributed by atoms with Gasteiger partial charge in [0.15, 0.2) is 0 Å². The van der Waals surface area contributed by atoms with E-state index in [1.54, 1.807) is 24.3 Å². The van der Waals surface area contributed by atoms with Gasteiger partial charge in [-0.15, -0.1) is 0 Å². The van der Waals surface area contributed by atoms with Crippen molar-refractivity contribution in [3.05, 3.63) is 24.3 Å². The van der Waals surface area contributed by atoms with Crippen LogP contribution in [0.1, 0.15) is 0 Å². The van der Waals surface area contributed by atoms with Crippen LogP contribution in [0.2, 0.25) is 0 Å². The van der Waals surface area contributed by atoms with E-state index in [0.29, 0.717) is 11.5 Å². The van der Waals surface area contributed by atoms with Crippen molar-refractivity contribution >= 4 is 37.1 Å². The third-order valence-electron chi connectivity index (χ3n) is 1.46. The van der Waals surface area contributed by atoms with E-state index < -0.39 is 13.4 Å². The molecule has 2 bridgehead atoms. The molecule has 2 aliphatic rings. The molecule has 0 atom stereocenters. The van der Waals surface area contributed by atoms with Crippen molar-refractivity contribution in [3.8, 4) is 11.5 Å². The minimum atomic E-state index is -3.90. The van der Waals surface area contributed by atoms with Gasteiger partial charge in [0, 0.05) is 11.8 Å². The molecule has 2 heterocycles. The lowest BCUT2D eigenvalue weighted by Gasteiger charge is -2.20. The Bertz CT molecular complexity index is 438. The van der Waals surface area contributed by atoms with Crippen molar-refractivity contribution in [2.75, 3.05) is 0 Å². The van der Waals surface area contributed by atoms with E-state index in [0.717, 1.165) is 0 Å². The summed E-state index contributed by atoms with van der Waals surface area (Å²) in [5.74, 6) is 0.895. The summed E-state index contributed by atoms with van der Waals surface area (Å²) < 4.78 is 15.1. The molecule has 0 fully saturated rings. The molecule has 2 aliphatic heterocycles. The van der Waals surface area contributed by atoms with E-state index in [1.165, 1.54) is 0 Å². The monoisotopic (exact) mass is 284 g/mol. The van der Waals surface area contributed by atoms with Crippen molar-refractivity contribution in [3.63, 3.8) is 0 Å². The highest BCUT2D eigenvalue weighted by atomic mass is 32.5. The van der Waals surface area contributed by atoms with E-state index in [9.17, 15) is 0 Å². The van der Waals surface area contributed by atoms with Crippen LogP contribution in [0.25, 0.3) is 0 Å². The van der Waals surface area contributed by atoms with Gasteiger partial charge in [-0.2, -0.15) is 0 Å². The van der Waals surface area contributed by atoms with Crippen LogP contribution in [0.5, 0.6) is 11.5 Å². The summed E-state index contributed by atoms with van der Waals surface area (Å²) in [6, 6.07) is 6.58. The van der Waals surface area contributed by atoms with Gasteiger partial charge in [-0.05, 0) is 36.1 Å². The summed E-state index contributed by atoms with van der Waals surface area (Å²) in [6.45, 7) is -7.15. The third kappa shape index (κ3) is 2.98. The van der Waals surface area contributed by atoms with Crippen LogP contribution in [0.3, 0.4) is 0 Å². The molecule has 2 N–H and O–H groups in total. The molecule has 1 aromatic carbocycles. The molecule has 0 saturated heterocycles. The van der Waals surface area contributed by atoms with Crippen LogP contribution in [-0.2, 0) is 27.9 Å². The smallest absolute Gasteiger partial charge is 0.415 e. The quantitative estimate of drug-likeness (QED) is 0.804. The fraction of sp³-hybridized carbons (Fsp3) is 0. The summed E-state index contributed by atoms with van der Waals surface area (Å²) >= 11 is 9.27. The molecule has 9 heteroatoms. The lowest BCUT2D eigenvalue weighted by molar-refractivity contribution is 0.331. The minimum absolute atomic E-state index is 0.447. The predicted octanol–water partition coefficient (Wildman–Crippen LogP) is 1.91. The number of benzene rings is 1. The second-order valence-electron chi connectivity index (χ2n) is 2.67. The molecule has 15 heavy (non-hydrogen) atoms. The largest absolute Gasteiger partial charge is 0.442 e. The van der Waals surface area contributed by atoms with Crippen LogP contribution < -0.4 is 9.05 Å². The molecule has 0 amide bonds. The molecule has 0 unspecified atom stereocenters. The van der Waals surface area contributed by atoms with Gasteiger partial charge in [0.05, 0.1) is 0 Å². The fourth-order valence-corrected chi connectivity index (χ4v) is 5.63. The zero-order valence-electron chi connectivity index (χ0n) is 7.14. The Kier molecular flexibility index (Phi) is 2.90. The van der Waals surface area contributed by atoms with Crippen molar-refractivity contribution in [1.82, 2.24) is 0 Å². The summed E-state index contributed by atoms with van der Waals surface area (Å²) in [5.41, 5.74) is 0.